The van der Waals surface area contributed by atoms with Gasteiger partial charge < -0.3 is 10.4 Å². The molecule has 124 valence electrons. The minimum absolute atomic E-state index is 0.117. The van der Waals surface area contributed by atoms with Crippen molar-refractivity contribution < 1.29 is 9.90 Å². The molecule has 0 radical (unpaired) electrons. The van der Waals surface area contributed by atoms with Gasteiger partial charge in [0.15, 0.2) is 0 Å². The third-order valence-corrected chi connectivity index (χ3v) is 4.04. The molecule has 1 amide bonds. The van der Waals surface area contributed by atoms with Crippen LogP contribution in [0, 0.1) is 19.3 Å². The second-order valence-corrected chi connectivity index (χ2v) is 6.61. The molecule has 0 saturated heterocycles. The minimum atomic E-state index is -0.137. The number of aliphatic hydroxyl groups is 1. The monoisotopic (exact) mass is 315 g/mol. The van der Waals surface area contributed by atoms with Gasteiger partial charge in [0.2, 0.25) is 0 Å². The molecule has 0 bridgehead atoms. The Balaban J connectivity index is 2.20. The predicted molar refractivity (Wildman–Crippen MR) is 90.9 cm³/mol. The number of aromatic nitrogens is 2. The van der Waals surface area contributed by atoms with Gasteiger partial charge in [0.1, 0.15) is 0 Å². The van der Waals surface area contributed by atoms with Crippen LogP contribution in [0.4, 0.5) is 0 Å². The molecule has 0 spiro atoms. The number of carbonyl (C=O) groups excluding carboxylic acids is 1. The van der Waals surface area contributed by atoms with Gasteiger partial charge in [0.25, 0.3) is 5.91 Å². The molecule has 2 rings (SSSR count). The second-order valence-electron chi connectivity index (χ2n) is 6.61. The maximum atomic E-state index is 12.6. The summed E-state index contributed by atoms with van der Waals surface area (Å²) in [5.41, 5.74) is 2.96. The molecule has 0 saturated carbocycles. The summed E-state index contributed by atoms with van der Waals surface area (Å²) in [5, 5.41) is 16.5. The lowest BCUT2D eigenvalue weighted by atomic mass is 9.89. The number of carbonyl (C=O) groups is 1. The molecule has 0 fully saturated rings. The van der Waals surface area contributed by atoms with Gasteiger partial charge in [-0.25, -0.2) is 4.68 Å². The first-order valence-corrected chi connectivity index (χ1v) is 7.86. The average Bonchev–Trinajstić information content (AvgIpc) is 2.81. The summed E-state index contributed by atoms with van der Waals surface area (Å²) in [6.45, 7) is 8.43. The number of hydrogen-bond acceptors (Lipinski definition) is 3. The van der Waals surface area contributed by atoms with Crippen molar-refractivity contribution in [2.45, 2.75) is 34.1 Å². The SMILES string of the molecule is Cc1nn(-c2ccccc2)c(C)c1C(=O)NCC(C)(C)CCO. The van der Waals surface area contributed by atoms with E-state index in [0.29, 0.717) is 24.2 Å². The summed E-state index contributed by atoms with van der Waals surface area (Å²) in [5.74, 6) is -0.117. The first-order valence-electron chi connectivity index (χ1n) is 7.86. The summed E-state index contributed by atoms with van der Waals surface area (Å²) >= 11 is 0. The highest BCUT2D eigenvalue weighted by Gasteiger charge is 2.22. The highest BCUT2D eigenvalue weighted by molar-refractivity contribution is 5.96. The van der Waals surface area contributed by atoms with Crippen LogP contribution in [0.2, 0.25) is 0 Å². The maximum absolute atomic E-state index is 12.6. The van der Waals surface area contributed by atoms with Crippen LogP contribution in [-0.2, 0) is 0 Å². The van der Waals surface area contributed by atoms with E-state index in [2.05, 4.69) is 10.4 Å². The fourth-order valence-corrected chi connectivity index (χ4v) is 2.59. The summed E-state index contributed by atoms with van der Waals surface area (Å²) < 4.78 is 1.79. The van der Waals surface area contributed by atoms with Crippen LogP contribution in [0.5, 0.6) is 0 Å². The topological polar surface area (TPSA) is 67.2 Å². The first kappa shape index (κ1) is 17.2. The van der Waals surface area contributed by atoms with E-state index >= 15 is 0 Å². The summed E-state index contributed by atoms with van der Waals surface area (Å²) in [6.07, 6.45) is 0.647. The average molecular weight is 315 g/mol. The number of aryl methyl sites for hydroxylation is 1. The molecule has 5 nitrogen and oxygen atoms in total. The second kappa shape index (κ2) is 6.96. The predicted octanol–water partition coefficient (Wildman–Crippen LogP) is 2.63. The van der Waals surface area contributed by atoms with Gasteiger partial charge in [0.05, 0.1) is 22.6 Å². The van der Waals surface area contributed by atoms with Gasteiger partial charge in [-0.3, -0.25) is 4.79 Å². The van der Waals surface area contributed by atoms with Crippen molar-refractivity contribution in [3.8, 4) is 5.69 Å². The number of para-hydroxylation sites is 1. The Hall–Kier alpha value is -2.14. The molecule has 0 aliphatic rings. The molecule has 1 heterocycles. The van der Waals surface area contributed by atoms with E-state index in [0.717, 1.165) is 11.4 Å². The molecule has 23 heavy (non-hydrogen) atoms. The largest absolute Gasteiger partial charge is 0.396 e. The number of hydrogen-bond donors (Lipinski definition) is 2. The van der Waals surface area contributed by atoms with Gasteiger partial charge in [-0.15, -0.1) is 0 Å². The molecule has 2 aromatic rings. The number of benzene rings is 1. The fraction of sp³-hybridized carbons (Fsp3) is 0.444. The van der Waals surface area contributed by atoms with E-state index in [1.54, 1.807) is 4.68 Å². The normalized spacial score (nSPS) is 11.5. The third kappa shape index (κ3) is 3.99. The highest BCUT2D eigenvalue weighted by Crippen LogP contribution is 2.20. The summed E-state index contributed by atoms with van der Waals surface area (Å²) in [7, 11) is 0. The molecule has 1 aromatic carbocycles. The van der Waals surface area contributed by atoms with E-state index in [1.165, 1.54) is 0 Å². The molecule has 0 aliphatic carbocycles. The van der Waals surface area contributed by atoms with Crippen LogP contribution < -0.4 is 5.32 Å². The molecular formula is C18H25N3O2. The van der Waals surface area contributed by atoms with Crippen LogP contribution in [-0.4, -0.2) is 33.9 Å². The van der Waals surface area contributed by atoms with Crippen LogP contribution in [0.25, 0.3) is 5.69 Å². The standard InChI is InChI=1S/C18H25N3O2/c1-13-16(17(23)19-12-18(3,4)10-11-22)14(2)21(20-13)15-8-6-5-7-9-15/h5-9,22H,10-12H2,1-4H3,(H,19,23). The fourth-order valence-electron chi connectivity index (χ4n) is 2.59. The summed E-state index contributed by atoms with van der Waals surface area (Å²) in [6, 6.07) is 9.77. The molecule has 5 heteroatoms. The zero-order chi connectivity index (χ0) is 17.0. The van der Waals surface area contributed by atoms with Crippen LogP contribution >= 0.6 is 0 Å². The van der Waals surface area contributed by atoms with Gasteiger partial charge in [-0.1, -0.05) is 32.0 Å². The van der Waals surface area contributed by atoms with Crippen molar-refractivity contribution in [2.24, 2.45) is 5.41 Å². The number of aliphatic hydroxyl groups excluding tert-OH is 1. The molecular weight excluding hydrogens is 290 g/mol. The van der Waals surface area contributed by atoms with Gasteiger partial charge >= 0.3 is 0 Å². The zero-order valence-corrected chi connectivity index (χ0v) is 14.3. The lowest BCUT2D eigenvalue weighted by Gasteiger charge is -2.23. The number of rotatable bonds is 6. The minimum Gasteiger partial charge on any atom is -0.396 e. The van der Waals surface area contributed by atoms with Crippen molar-refractivity contribution in [3.05, 3.63) is 47.3 Å². The molecule has 0 unspecified atom stereocenters. The van der Waals surface area contributed by atoms with Gasteiger partial charge in [-0.2, -0.15) is 5.10 Å². The summed E-state index contributed by atoms with van der Waals surface area (Å²) in [4.78, 5) is 12.6. The molecule has 0 aliphatic heterocycles. The lowest BCUT2D eigenvalue weighted by Crippen LogP contribution is -2.35. The van der Waals surface area contributed by atoms with Crippen molar-refractivity contribution in [2.75, 3.05) is 13.2 Å². The van der Waals surface area contributed by atoms with E-state index in [1.807, 2.05) is 58.0 Å². The first-order chi connectivity index (χ1) is 10.9. The van der Waals surface area contributed by atoms with E-state index < -0.39 is 0 Å². The van der Waals surface area contributed by atoms with Gasteiger partial charge in [0, 0.05) is 13.2 Å². The van der Waals surface area contributed by atoms with E-state index in [-0.39, 0.29) is 17.9 Å². The quantitative estimate of drug-likeness (QED) is 0.861. The Morgan fingerprint density at radius 2 is 1.91 bits per heavy atom. The highest BCUT2D eigenvalue weighted by atomic mass is 16.3. The third-order valence-electron chi connectivity index (χ3n) is 4.04. The number of amides is 1. The Morgan fingerprint density at radius 3 is 2.52 bits per heavy atom. The van der Waals surface area contributed by atoms with E-state index in [4.69, 9.17) is 5.11 Å². The maximum Gasteiger partial charge on any atom is 0.255 e. The lowest BCUT2D eigenvalue weighted by molar-refractivity contribution is 0.0927. The zero-order valence-electron chi connectivity index (χ0n) is 14.3. The number of nitrogens with zero attached hydrogens (tertiary/aromatic N) is 2. The molecule has 0 atom stereocenters. The Kier molecular flexibility index (Phi) is 5.21. The van der Waals surface area contributed by atoms with Crippen LogP contribution in [0.1, 0.15) is 42.0 Å². The Morgan fingerprint density at radius 1 is 1.26 bits per heavy atom. The molecule has 2 N–H and O–H groups in total. The smallest absolute Gasteiger partial charge is 0.255 e. The van der Waals surface area contributed by atoms with Gasteiger partial charge in [-0.05, 0) is 37.8 Å². The Bertz CT molecular complexity index is 675. The van der Waals surface area contributed by atoms with Crippen LogP contribution in [0.15, 0.2) is 30.3 Å². The molecule has 1 aromatic heterocycles. The number of nitrogens with one attached hydrogen (secondary N) is 1. The van der Waals surface area contributed by atoms with Crippen molar-refractivity contribution in [1.29, 1.82) is 0 Å². The van der Waals surface area contributed by atoms with Crippen molar-refractivity contribution >= 4 is 5.91 Å². The van der Waals surface area contributed by atoms with Crippen molar-refractivity contribution in [3.63, 3.8) is 0 Å². The van der Waals surface area contributed by atoms with E-state index in [9.17, 15) is 4.79 Å². The Labute approximate surface area is 137 Å². The van der Waals surface area contributed by atoms with Crippen LogP contribution in [0.3, 0.4) is 0 Å². The van der Waals surface area contributed by atoms with Crippen molar-refractivity contribution in [1.82, 2.24) is 15.1 Å².